The number of quaternary nitrogens is 1. The molecule has 0 spiro atoms. The molecule has 0 radical (unpaired) electrons. The van der Waals surface area contributed by atoms with Gasteiger partial charge in [-0.15, -0.1) is 0 Å². The molecule has 1 aromatic rings. The lowest BCUT2D eigenvalue weighted by Crippen LogP contribution is -3.18. The van der Waals surface area contributed by atoms with Gasteiger partial charge in [-0.3, -0.25) is 0 Å². The predicted molar refractivity (Wildman–Crippen MR) is 79.4 cm³/mol. The van der Waals surface area contributed by atoms with Gasteiger partial charge < -0.3 is 14.7 Å². The van der Waals surface area contributed by atoms with Crippen LogP contribution in [0.3, 0.4) is 0 Å². The number of benzene rings is 1. The van der Waals surface area contributed by atoms with E-state index in [1.165, 1.54) is 44.8 Å². The monoisotopic (exact) mass is 290 g/mol. The molecule has 114 valence electrons. The van der Waals surface area contributed by atoms with E-state index in [9.17, 15) is 9.90 Å². The molecule has 3 rings (SSSR count). The number of ether oxygens (including phenoxy) is 1. The third kappa shape index (κ3) is 3.21. The Morgan fingerprint density at radius 3 is 2.86 bits per heavy atom. The first-order valence-electron chi connectivity index (χ1n) is 8.05. The lowest BCUT2D eigenvalue weighted by Gasteiger charge is -2.40. The number of phenolic OH excluding ortho intramolecular Hbond substituents is 1. The molecule has 21 heavy (non-hydrogen) atoms. The largest absolute Gasteiger partial charge is 0.507 e. The van der Waals surface area contributed by atoms with Gasteiger partial charge in [0.25, 0.3) is 0 Å². The van der Waals surface area contributed by atoms with Crippen LogP contribution in [0.15, 0.2) is 24.3 Å². The molecular weight excluding hydrogens is 266 g/mol. The van der Waals surface area contributed by atoms with Gasteiger partial charge in [-0.25, -0.2) is 4.79 Å². The van der Waals surface area contributed by atoms with Crippen LogP contribution >= 0.6 is 0 Å². The van der Waals surface area contributed by atoms with Gasteiger partial charge >= 0.3 is 5.97 Å². The number of carbonyl (C=O) groups is 1. The summed E-state index contributed by atoms with van der Waals surface area (Å²) < 4.78 is 5.49. The molecule has 0 amide bonds. The first-order valence-corrected chi connectivity index (χ1v) is 8.05. The number of carbonyl (C=O) groups excluding carboxylic acids is 1. The summed E-state index contributed by atoms with van der Waals surface area (Å²) in [7, 11) is 0. The van der Waals surface area contributed by atoms with Crippen LogP contribution in [-0.4, -0.2) is 36.8 Å². The van der Waals surface area contributed by atoms with E-state index in [4.69, 9.17) is 4.74 Å². The maximum absolute atomic E-state index is 12.1. The van der Waals surface area contributed by atoms with Crippen molar-refractivity contribution in [2.75, 3.05) is 19.7 Å². The predicted octanol–water partition coefficient (Wildman–Crippen LogP) is 1.40. The average Bonchev–Trinajstić information content (AvgIpc) is 2.53. The minimum Gasteiger partial charge on any atom is -0.507 e. The fourth-order valence-corrected chi connectivity index (χ4v) is 3.88. The SMILES string of the molecule is O=C(OC[C@@H]1CCC[NH+]2CCCC[C@@H]12)c1ccccc1O. The highest BCUT2D eigenvalue weighted by atomic mass is 16.5. The van der Waals surface area contributed by atoms with E-state index in [1.807, 2.05) is 0 Å². The first kappa shape index (κ1) is 14.4. The van der Waals surface area contributed by atoms with Crippen LogP contribution in [0.1, 0.15) is 42.5 Å². The number of hydrogen-bond donors (Lipinski definition) is 2. The number of hydrogen-bond acceptors (Lipinski definition) is 3. The molecule has 4 heteroatoms. The number of para-hydroxylation sites is 1. The van der Waals surface area contributed by atoms with Crippen LogP contribution in [0.4, 0.5) is 0 Å². The van der Waals surface area contributed by atoms with Crippen molar-refractivity contribution in [1.82, 2.24) is 0 Å². The van der Waals surface area contributed by atoms with Gasteiger partial charge in [0.05, 0.1) is 19.1 Å². The second-order valence-electron chi connectivity index (χ2n) is 6.28. The van der Waals surface area contributed by atoms with Gasteiger partial charge in [-0.05, 0) is 44.2 Å². The van der Waals surface area contributed by atoms with Crippen molar-refractivity contribution in [1.29, 1.82) is 0 Å². The van der Waals surface area contributed by atoms with Gasteiger partial charge in [0.2, 0.25) is 0 Å². The van der Waals surface area contributed by atoms with Gasteiger partial charge in [0.15, 0.2) is 0 Å². The number of esters is 1. The average molecular weight is 290 g/mol. The maximum Gasteiger partial charge on any atom is 0.341 e. The van der Waals surface area contributed by atoms with Gasteiger partial charge in [-0.1, -0.05) is 12.1 Å². The molecule has 0 aliphatic carbocycles. The fraction of sp³-hybridized carbons (Fsp3) is 0.588. The number of rotatable bonds is 3. The van der Waals surface area contributed by atoms with Crippen LogP contribution in [0.2, 0.25) is 0 Å². The molecule has 2 aliphatic heterocycles. The Hall–Kier alpha value is -1.55. The standard InChI is InChI=1S/C17H23NO3/c19-16-9-2-1-7-14(16)17(20)21-12-13-6-5-11-18-10-4-3-8-15(13)18/h1-2,7,9,13,15,19H,3-6,8,10-12H2/p+1/t13-,15-/m0/s1. The molecule has 4 nitrogen and oxygen atoms in total. The smallest absolute Gasteiger partial charge is 0.341 e. The molecule has 2 N–H and O–H groups in total. The Bertz CT molecular complexity index is 501. The second-order valence-corrected chi connectivity index (χ2v) is 6.28. The van der Waals surface area contributed by atoms with E-state index in [1.54, 1.807) is 23.1 Å². The minimum atomic E-state index is -0.406. The molecule has 2 saturated heterocycles. The van der Waals surface area contributed by atoms with E-state index in [0.717, 1.165) is 6.42 Å². The summed E-state index contributed by atoms with van der Waals surface area (Å²) in [4.78, 5) is 13.8. The second kappa shape index (κ2) is 6.48. The van der Waals surface area contributed by atoms with Crippen molar-refractivity contribution in [2.24, 2.45) is 5.92 Å². The van der Waals surface area contributed by atoms with Crippen LogP contribution in [0.25, 0.3) is 0 Å². The van der Waals surface area contributed by atoms with Crippen molar-refractivity contribution in [3.8, 4) is 5.75 Å². The van der Waals surface area contributed by atoms with E-state index in [0.29, 0.717) is 18.6 Å². The van der Waals surface area contributed by atoms with E-state index in [2.05, 4.69) is 0 Å². The molecule has 3 atom stereocenters. The lowest BCUT2D eigenvalue weighted by atomic mass is 9.84. The summed E-state index contributed by atoms with van der Waals surface area (Å²) in [6.07, 6.45) is 6.27. The summed E-state index contributed by atoms with van der Waals surface area (Å²) in [5.41, 5.74) is 0.265. The van der Waals surface area contributed by atoms with Crippen LogP contribution < -0.4 is 4.90 Å². The molecule has 2 fully saturated rings. The molecule has 0 bridgehead atoms. The van der Waals surface area contributed by atoms with Gasteiger partial charge in [-0.2, -0.15) is 0 Å². The fourth-order valence-electron chi connectivity index (χ4n) is 3.88. The summed E-state index contributed by atoms with van der Waals surface area (Å²) in [6, 6.07) is 7.23. The highest BCUT2D eigenvalue weighted by Gasteiger charge is 2.37. The molecule has 0 aromatic heterocycles. The van der Waals surface area contributed by atoms with Crippen molar-refractivity contribution in [3.63, 3.8) is 0 Å². The number of fused-ring (bicyclic) bond motifs is 1. The van der Waals surface area contributed by atoms with Crippen molar-refractivity contribution in [3.05, 3.63) is 29.8 Å². The van der Waals surface area contributed by atoms with Crippen LogP contribution in [0, 0.1) is 5.92 Å². The Balaban J connectivity index is 1.59. The van der Waals surface area contributed by atoms with Crippen molar-refractivity contribution in [2.45, 2.75) is 38.1 Å². The summed E-state index contributed by atoms with van der Waals surface area (Å²) >= 11 is 0. The summed E-state index contributed by atoms with van der Waals surface area (Å²) in [5, 5.41) is 9.70. The Labute approximate surface area is 125 Å². The molecule has 0 saturated carbocycles. The lowest BCUT2D eigenvalue weighted by molar-refractivity contribution is -0.940. The Morgan fingerprint density at radius 2 is 2.00 bits per heavy atom. The number of aromatic hydroxyl groups is 1. The highest BCUT2D eigenvalue weighted by Crippen LogP contribution is 2.22. The van der Waals surface area contributed by atoms with E-state index in [-0.39, 0.29) is 11.3 Å². The molecule has 2 heterocycles. The minimum absolute atomic E-state index is 0.00365. The molecule has 2 aliphatic rings. The number of nitrogens with one attached hydrogen (secondary N) is 1. The molecule has 1 aromatic carbocycles. The number of phenols is 1. The van der Waals surface area contributed by atoms with E-state index >= 15 is 0 Å². The zero-order valence-electron chi connectivity index (χ0n) is 12.4. The van der Waals surface area contributed by atoms with Crippen LogP contribution in [0.5, 0.6) is 5.75 Å². The highest BCUT2D eigenvalue weighted by molar-refractivity contribution is 5.92. The topological polar surface area (TPSA) is 51.0 Å². The third-order valence-corrected chi connectivity index (χ3v) is 4.98. The van der Waals surface area contributed by atoms with Gasteiger partial charge in [0, 0.05) is 5.92 Å². The van der Waals surface area contributed by atoms with Crippen molar-refractivity contribution >= 4 is 5.97 Å². The number of piperidine rings is 2. The Morgan fingerprint density at radius 1 is 1.19 bits per heavy atom. The zero-order chi connectivity index (χ0) is 14.7. The normalized spacial score (nSPS) is 28.7. The van der Waals surface area contributed by atoms with E-state index < -0.39 is 5.97 Å². The third-order valence-electron chi connectivity index (χ3n) is 4.98. The van der Waals surface area contributed by atoms with Crippen molar-refractivity contribution < 1.29 is 19.5 Å². The van der Waals surface area contributed by atoms with Gasteiger partial charge in [0.1, 0.15) is 17.9 Å². The molecule has 1 unspecified atom stereocenters. The summed E-state index contributed by atoms with van der Waals surface area (Å²) in [5.74, 6) is 0.0657. The quantitative estimate of drug-likeness (QED) is 0.827. The molecular formula is C17H24NO3+. The summed E-state index contributed by atoms with van der Waals surface area (Å²) in [6.45, 7) is 3.03. The zero-order valence-corrected chi connectivity index (χ0v) is 12.4. The Kier molecular flexibility index (Phi) is 4.44. The maximum atomic E-state index is 12.1. The van der Waals surface area contributed by atoms with Crippen LogP contribution in [-0.2, 0) is 4.74 Å². The first-order chi connectivity index (χ1) is 10.3.